The van der Waals surface area contributed by atoms with Crippen molar-refractivity contribution in [1.29, 1.82) is 0 Å². The number of rotatable bonds is 12. The number of aromatic nitrogens is 8. The standard InChI is InChI=1S/2C52H34N4/c1-3-13-36(14-4-1)46-34-47(54-52(53-46)38-15-5-2-6-16-38)37-25-23-35(24-26-37)39-27-32-51-45(33-39)44-19-9-12-22-50(44)56(51)41-30-28-40(29-31-41)55-48-20-10-7-17-42(48)43-18-8-11-21-49(43)55;1-3-15-35(16-4-1)46-34-47(36-17-5-2-6-18-36)54-52(53-46)44-23-8-7-19-40(44)37-27-32-51-45(33-37)43-22-11-14-26-50(43)56(51)39-30-28-38(29-31-39)55-48-24-12-9-20-41(48)42-21-10-13-25-49(42)55/h2*1-34H. The molecule has 0 aliphatic carbocycles. The van der Waals surface area contributed by atoms with E-state index in [9.17, 15) is 0 Å². The molecule has 8 nitrogen and oxygen atoms in total. The lowest BCUT2D eigenvalue weighted by Gasteiger charge is -2.13. The maximum absolute atomic E-state index is 5.18. The molecule has 0 spiro atoms. The first-order chi connectivity index (χ1) is 55.5. The Morgan fingerprint density at radius 2 is 0.384 bits per heavy atom. The van der Waals surface area contributed by atoms with Gasteiger partial charge in [0, 0.05) is 99.2 Å². The van der Waals surface area contributed by atoms with E-state index >= 15 is 0 Å². The van der Waals surface area contributed by atoms with E-state index in [1.807, 2.05) is 48.5 Å². The SMILES string of the molecule is c1ccc(-c2cc(-c3ccc(-c4ccc5c(c4)c4ccccc4n5-c4ccc(-n5c6ccccc6c6ccccc65)cc4)cc3)nc(-c3ccccc3)n2)cc1.c1ccc(-c2cc(-c3ccccc3)nc(-c3ccccc3-c3ccc4c(c3)c3ccccc3n4-c3ccc(-n4c5ccccc5c5ccccc54)cc3)n2)cc1. The van der Waals surface area contributed by atoms with Crippen LogP contribution in [0.2, 0.25) is 0 Å². The van der Waals surface area contributed by atoms with Gasteiger partial charge < -0.3 is 18.3 Å². The van der Waals surface area contributed by atoms with E-state index in [0.29, 0.717) is 11.6 Å². The fourth-order valence-electron chi connectivity index (χ4n) is 16.7. The molecule has 22 rings (SSSR count). The molecule has 0 saturated heterocycles. The molecule has 0 saturated carbocycles. The largest absolute Gasteiger partial charge is 0.309 e. The summed E-state index contributed by atoms with van der Waals surface area (Å²) in [6, 6.07) is 146. The average Bonchev–Trinajstić information content (AvgIpc) is 1.60. The van der Waals surface area contributed by atoms with E-state index in [2.05, 4.69) is 382 Å². The van der Waals surface area contributed by atoms with E-state index in [-0.39, 0.29) is 0 Å². The van der Waals surface area contributed by atoms with Crippen LogP contribution in [0, 0.1) is 0 Å². The van der Waals surface area contributed by atoms with Gasteiger partial charge in [-0.25, -0.2) is 19.9 Å². The van der Waals surface area contributed by atoms with Gasteiger partial charge in [0.1, 0.15) is 0 Å². The first-order valence-electron chi connectivity index (χ1n) is 38.0. The van der Waals surface area contributed by atoms with Crippen LogP contribution in [0.15, 0.2) is 413 Å². The maximum atomic E-state index is 5.18. The Hall–Kier alpha value is -15.1. The van der Waals surface area contributed by atoms with Crippen LogP contribution in [0.5, 0.6) is 0 Å². The summed E-state index contributed by atoms with van der Waals surface area (Å²) >= 11 is 0. The van der Waals surface area contributed by atoms with Crippen LogP contribution in [0.4, 0.5) is 0 Å². The van der Waals surface area contributed by atoms with Gasteiger partial charge in [0.2, 0.25) is 0 Å². The molecule has 0 fully saturated rings. The molecule has 22 aromatic rings. The second-order valence-corrected chi connectivity index (χ2v) is 28.5. The second kappa shape index (κ2) is 27.6. The van der Waals surface area contributed by atoms with Crippen LogP contribution in [-0.4, -0.2) is 38.2 Å². The Labute approximate surface area is 646 Å². The molecular weight excluding hydrogens is 1360 g/mol. The van der Waals surface area contributed by atoms with E-state index in [4.69, 9.17) is 19.9 Å². The number of hydrogen-bond acceptors (Lipinski definition) is 4. The predicted molar refractivity (Wildman–Crippen MR) is 465 cm³/mol. The summed E-state index contributed by atoms with van der Waals surface area (Å²) in [5, 5.41) is 9.93. The number of hydrogen-bond donors (Lipinski definition) is 0. The first-order valence-corrected chi connectivity index (χ1v) is 38.0. The molecular formula is C104H68N8. The van der Waals surface area contributed by atoms with Crippen LogP contribution in [0.3, 0.4) is 0 Å². The van der Waals surface area contributed by atoms with Crippen molar-refractivity contribution in [2.75, 3.05) is 0 Å². The Morgan fingerprint density at radius 3 is 0.741 bits per heavy atom. The van der Waals surface area contributed by atoms with Gasteiger partial charge >= 0.3 is 0 Å². The van der Waals surface area contributed by atoms with Crippen LogP contribution >= 0.6 is 0 Å². The molecule has 0 aliphatic heterocycles. The second-order valence-electron chi connectivity index (χ2n) is 28.5. The van der Waals surface area contributed by atoms with Crippen molar-refractivity contribution in [2.24, 2.45) is 0 Å². The highest BCUT2D eigenvalue weighted by Crippen LogP contribution is 2.42. The summed E-state index contributed by atoms with van der Waals surface area (Å²) in [6.07, 6.45) is 0. The van der Waals surface area contributed by atoms with Crippen molar-refractivity contribution < 1.29 is 0 Å². The van der Waals surface area contributed by atoms with Crippen LogP contribution < -0.4 is 0 Å². The Morgan fingerprint density at radius 1 is 0.143 bits per heavy atom. The van der Waals surface area contributed by atoms with Gasteiger partial charge in [-0.1, -0.05) is 291 Å². The van der Waals surface area contributed by atoms with Gasteiger partial charge in [0.05, 0.1) is 66.9 Å². The van der Waals surface area contributed by atoms with Crippen molar-refractivity contribution in [3.8, 4) is 113 Å². The summed E-state index contributed by atoms with van der Waals surface area (Å²) in [4.78, 5) is 20.4. The highest BCUT2D eigenvalue weighted by molar-refractivity contribution is 6.14. The predicted octanol–water partition coefficient (Wildman–Crippen LogP) is 26.7. The van der Waals surface area contributed by atoms with Crippen LogP contribution in [-0.2, 0) is 0 Å². The quantitative estimate of drug-likeness (QED) is 0.122. The molecule has 0 amide bonds. The first kappa shape index (κ1) is 65.2. The van der Waals surface area contributed by atoms with E-state index in [1.54, 1.807) is 0 Å². The summed E-state index contributed by atoms with van der Waals surface area (Å²) in [5.41, 5.74) is 28.4. The van der Waals surface area contributed by atoms with Crippen molar-refractivity contribution in [3.05, 3.63) is 413 Å². The molecule has 112 heavy (non-hydrogen) atoms. The van der Waals surface area contributed by atoms with Crippen molar-refractivity contribution in [2.45, 2.75) is 0 Å². The third-order valence-electron chi connectivity index (χ3n) is 21.9. The fourth-order valence-corrected chi connectivity index (χ4v) is 16.7. The lowest BCUT2D eigenvalue weighted by atomic mass is 9.97. The van der Waals surface area contributed by atoms with Crippen molar-refractivity contribution in [3.63, 3.8) is 0 Å². The minimum absolute atomic E-state index is 0.701. The van der Waals surface area contributed by atoms with Gasteiger partial charge in [-0.15, -0.1) is 0 Å². The third-order valence-corrected chi connectivity index (χ3v) is 21.9. The lowest BCUT2D eigenvalue weighted by molar-refractivity contribution is 1.14. The number of para-hydroxylation sites is 6. The van der Waals surface area contributed by atoms with Crippen LogP contribution in [0.1, 0.15) is 0 Å². The topological polar surface area (TPSA) is 71.3 Å². The Bertz CT molecular complexity index is 7100. The molecule has 0 aliphatic rings. The Kier molecular flexibility index (Phi) is 16.1. The van der Waals surface area contributed by atoms with Gasteiger partial charge in [-0.05, 0) is 144 Å². The normalized spacial score (nSPS) is 11.6. The monoisotopic (exact) mass is 1430 g/mol. The molecule has 0 N–H and O–H groups in total. The lowest BCUT2D eigenvalue weighted by Crippen LogP contribution is -1.98. The van der Waals surface area contributed by atoms with Gasteiger partial charge in [-0.3, -0.25) is 0 Å². The maximum Gasteiger partial charge on any atom is 0.161 e. The highest BCUT2D eigenvalue weighted by atomic mass is 15.0. The van der Waals surface area contributed by atoms with Gasteiger partial charge in [0.25, 0.3) is 0 Å². The summed E-state index contributed by atoms with van der Waals surface area (Å²) < 4.78 is 9.50. The molecule has 6 heterocycles. The molecule has 8 heteroatoms. The molecule has 6 aromatic heterocycles. The molecule has 0 bridgehead atoms. The van der Waals surface area contributed by atoms with E-state index in [1.165, 1.54) is 87.3 Å². The van der Waals surface area contributed by atoms with Gasteiger partial charge in [0.15, 0.2) is 11.6 Å². The smallest absolute Gasteiger partial charge is 0.161 e. The average molecular weight is 1430 g/mol. The molecule has 0 atom stereocenters. The zero-order valence-corrected chi connectivity index (χ0v) is 60.8. The number of fused-ring (bicyclic) bond motifs is 12. The van der Waals surface area contributed by atoms with Gasteiger partial charge in [-0.2, -0.15) is 0 Å². The number of benzene rings is 16. The Balaban J connectivity index is 0.000000141. The highest BCUT2D eigenvalue weighted by Gasteiger charge is 2.22. The van der Waals surface area contributed by atoms with Crippen molar-refractivity contribution >= 4 is 87.2 Å². The molecule has 0 radical (unpaired) electrons. The van der Waals surface area contributed by atoms with Crippen LogP contribution in [0.25, 0.3) is 200 Å². The molecule has 0 unspecified atom stereocenters. The molecule has 16 aromatic carbocycles. The third kappa shape index (κ3) is 11.5. The zero-order valence-electron chi connectivity index (χ0n) is 60.8. The fraction of sp³-hybridized carbons (Fsp3) is 0. The minimum Gasteiger partial charge on any atom is -0.309 e. The zero-order chi connectivity index (χ0) is 74.0. The van der Waals surface area contributed by atoms with Crippen molar-refractivity contribution in [1.82, 2.24) is 38.2 Å². The summed E-state index contributed by atoms with van der Waals surface area (Å²) in [5.74, 6) is 1.42. The minimum atomic E-state index is 0.701. The van der Waals surface area contributed by atoms with E-state index in [0.717, 1.165) is 101 Å². The summed E-state index contributed by atoms with van der Waals surface area (Å²) in [6.45, 7) is 0. The summed E-state index contributed by atoms with van der Waals surface area (Å²) in [7, 11) is 0. The number of nitrogens with zero attached hydrogens (tertiary/aromatic N) is 8. The van der Waals surface area contributed by atoms with E-state index < -0.39 is 0 Å². The molecule has 524 valence electrons.